The molecule has 0 aliphatic heterocycles. The third-order valence-electron chi connectivity index (χ3n) is 5.60. The highest BCUT2D eigenvalue weighted by Crippen LogP contribution is 2.36. The van der Waals surface area contributed by atoms with Crippen LogP contribution >= 0.6 is 23.2 Å². The van der Waals surface area contributed by atoms with Crippen molar-refractivity contribution in [1.29, 1.82) is 0 Å². The van der Waals surface area contributed by atoms with E-state index in [9.17, 15) is 5.11 Å². The lowest BCUT2D eigenvalue weighted by molar-refractivity contribution is 0.0888. The van der Waals surface area contributed by atoms with Crippen LogP contribution in [0.25, 0.3) is 0 Å². The van der Waals surface area contributed by atoms with Crippen molar-refractivity contribution in [3.05, 3.63) is 70.5 Å². The van der Waals surface area contributed by atoms with E-state index in [2.05, 4.69) is 24.2 Å². The van der Waals surface area contributed by atoms with Crippen molar-refractivity contribution in [2.24, 2.45) is 5.92 Å². The molecule has 0 saturated carbocycles. The normalized spacial score (nSPS) is 13.5. The Morgan fingerprint density at radius 3 is 2.38 bits per heavy atom. The van der Waals surface area contributed by atoms with Gasteiger partial charge in [0.15, 0.2) is 0 Å². The fraction of sp³-hybridized carbons (Fsp3) is 0.440. The van der Waals surface area contributed by atoms with Crippen molar-refractivity contribution in [2.75, 3.05) is 19.1 Å². The van der Waals surface area contributed by atoms with Crippen LogP contribution < -0.4 is 9.47 Å². The molecule has 2 N–H and O–H groups in total. The summed E-state index contributed by atoms with van der Waals surface area (Å²) in [6, 6.07) is 13.7. The summed E-state index contributed by atoms with van der Waals surface area (Å²) in [6.07, 6.45) is 0.825. The second kappa shape index (κ2) is 11.9. The van der Waals surface area contributed by atoms with Crippen LogP contribution in [0.2, 0.25) is 5.02 Å². The number of nitrogens with zero attached hydrogens (tertiary/aromatic N) is 3. The van der Waals surface area contributed by atoms with E-state index in [1.54, 1.807) is 6.20 Å². The molecule has 1 aromatic heterocycles. The van der Waals surface area contributed by atoms with E-state index in [1.165, 1.54) is 4.68 Å². The zero-order valence-corrected chi connectivity index (χ0v) is 21.1. The highest BCUT2D eigenvalue weighted by Gasteiger charge is 2.24. The van der Waals surface area contributed by atoms with Crippen LogP contribution in [0.5, 0.6) is 11.5 Å². The van der Waals surface area contributed by atoms with Crippen molar-refractivity contribution in [2.45, 2.75) is 45.4 Å². The zero-order valence-electron chi connectivity index (χ0n) is 19.6. The van der Waals surface area contributed by atoms with Crippen LogP contribution in [0.15, 0.2) is 48.7 Å². The molecule has 3 rings (SSSR count). The van der Waals surface area contributed by atoms with E-state index in [-0.39, 0.29) is 31.1 Å². The zero-order chi connectivity index (χ0) is 24.7. The van der Waals surface area contributed by atoms with Gasteiger partial charge >= 0.3 is 0 Å². The Hall–Kier alpha value is -2.32. The summed E-state index contributed by atoms with van der Waals surface area (Å²) in [7, 11) is 0. The Labute approximate surface area is 210 Å². The van der Waals surface area contributed by atoms with Crippen molar-refractivity contribution >= 4 is 23.2 Å². The van der Waals surface area contributed by atoms with Crippen molar-refractivity contribution in [3.63, 3.8) is 0 Å². The molecule has 34 heavy (non-hydrogen) atoms. The summed E-state index contributed by atoms with van der Waals surface area (Å²) >= 11 is 12.3. The number of benzene rings is 2. The van der Waals surface area contributed by atoms with Crippen molar-refractivity contribution in [3.8, 4) is 11.5 Å². The molecular weight excluding hydrogens is 477 g/mol. The Morgan fingerprint density at radius 1 is 1.06 bits per heavy atom. The van der Waals surface area contributed by atoms with Gasteiger partial charge in [-0.25, -0.2) is 4.68 Å². The Kier molecular flexibility index (Phi) is 9.19. The minimum absolute atomic E-state index is 0.108. The number of hydrogen-bond acceptors (Lipinski definition) is 6. The summed E-state index contributed by atoms with van der Waals surface area (Å²) in [5.41, 5.74) is 2.33. The highest BCUT2D eigenvalue weighted by atomic mass is 35.5. The van der Waals surface area contributed by atoms with Crippen LogP contribution in [0, 0.1) is 5.92 Å². The monoisotopic (exact) mass is 507 g/mol. The lowest BCUT2D eigenvalue weighted by Crippen LogP contribution is -2.24. The minimum Gasteiger partial charge on any atom is -0.492 e. The third kappa shape index (κ3) is 6.85. The van der Waals surface area contributed by atoms with Crippen molar-refractivity contribution in [1.82, 2.24) is 15.0 Å². The first-order valence-electron chi connectivity index (χ1n) is 11.1. The van der Waals surface area contributed by atoms with Gasteiger partial charge in [0.1, 0.15) is 29.9 Å². The second-order valence-electron chi connectivity index (χ2n) is 8.92. The Morgan fingerprint density at radius 2 is 1.76 bits per heavy atom. The molecule has 9 heteroatoms. The summed E-state index contributed by atoms with van der Waals surface area (Å²) < 4.78 is 13.0. The van der Waals surface area contributed by atoms with Gasteiger partial charge in [0.05, 0.1) is 31.0 Å². The number of alkyl halides is 1. The lowest BCUT2D eigenvalue weighted by atomic mass is 9.78. The average Bonchev–Trinajstić information content (AvgIpc) is 3.29. The lowest BCUT2D eigenvalue weighted by Gasteiger charge is -2.27. The third-order valence-corrected chi connectivity index (χ3v) is 6.43. The molecule has 0 aliphatic carbocycles. The van der Waals surface area contributed by atoms with Crippen LogP contribution in [-0.2, 0) is 18.6 Å². The van der Waals surface area contributed by atoms with Gasteiger partial charge in [0, 0.05) is 17.2 Å². The van der Waals surface area contributed by atoms with Crippen molar-refractivity contribution < 1.29 is 19.7 Å². The Balaban J connectivity index is 1.59. The van der Waals surface area contributed by atoms with E-state index in [4.69, 9.17) is 37.8 Å². The predicted octanol–water partition coefficient (Wildman–Crippen LogP) is 4.44. The van der Waals surface area contributed by atoms with Gasteiger partial charge in [-0.3, -0.25) is 0 Å². The van der Waals surface area contributed by atoms with Crippen LogP contribution in [0.3, 0.4) is 0 Å². The average molecular weight is 508 g/mol. The molecule has 2 atom stereocenters. The standard InChI is InChI=1S/C25H31Cl2N3O4/c1-17(11-26)15-34-24-9-6-19(10-23(24)27)25(2,3)18-4-7-22(8-5-18)33-16-21(32)13-30-12-20(14-31)28-29-30/h4-10,12,17,21,31-32H,11,13-16H2,1-3H3/t17-,21+/m0/s1. The fourth-order valence-corrected chi connectivity index (χ4v) is 3.70. The van der Waals surface area contributed by atoms with E-state index in [0.29, 0.717) is 34.7 Å². The molecule has 0 amide bonds. The van der Waals surface area contributed by atoms with Crippen LogP contribution in [-0.4, -0.2) is 50.4 Å². The molecule has 0 aliphatic rings. The summed E-state index contributed by atoms with van der Waals surface area (Å²) in [4.78, 5) is 0. The molecule has 0 bridgehead atoms. The van der Waals surface area contributed by atoms with Gasteiger partial charge in [-0.05, 0) is 35.4 Å². The Bertz CT molecular complexity index is 1060. The van der Waals surface area contributed by atoms with Crippen LogP contribution in [0.4, 0.5) is 0 Å². The SMILES string of the molecule is C[C@@H](CCl)COc1ccc(C(C)(C)c2ccc(OC[C@H](O)Cn3cc(CO)nn3)cc2)cc1Cl. The highest BCUT2D eigenvalue weighted by molar-refractivity contribution is 6.32. The second-order valence-corrected chi connectivity index (χ2v) is 9.64. The molecular formula is C25H31Cl2N3O4. The topological polar surface area (TPSA) is 89.6 Å². The maximum Gasteiger partial charge on any atom is 0.137 e. The molecule has 0 saturated heterocycles. The molecule has 0 radical (unpaired) electrons. The molecule has 1 heterocycles. The fourth-order valence-electron chi connectivity index (χ4n) is 3.38. The number of ether oxygens (including phenoxy) is 2. The van der Waals surface area contributed by atoms with Crippen LogP contribution in [0.1, 0.15) is 37.6 Å². The predicted molar refractivity (Wildman–Crippen MR) is 133 cm³/mol. The number of hydrogen-bond donors (Lipinski definition) is 2. The van der Waals surface area contributed by atoms with Gasteiger partial charge in [-0.2, -0.15) is 0 Å². The van der Waals surface area contributed by atoms with Gasteiger partial charge in [-0.15, -0.1) is 16.7 Å². The molecule has 0 spiro atoms. The van der Waals surface area contributed by atoms with Gasteiger partial charge < -0.3 is 19.7 Å². The van der Waals surface area contributed by atoms with E-state index in [1.807, 2.05) is 49.4 Å². The first-order chi connectivity index (χ1) is 16.2. The number of rotatable bonds is 12. The quantitative estimate of drug-likeness (QED) is 0.352. The molecule has 7 nitrogen and oxygen atoms in total. The molecule has 184 valence electrons. The van der Waals surface area contributed by atoms with E-state index >= 15 is 0 Å². The maximum atomic E-state index is 10.2. The summed E-state index contributed by atoms with van der Waals surface area (Å²) in [5, 5.41) is 27.5. The van der Waals surface area contributed by atoms with Gasteiger partial charge in [0.25, 0.3) is 0 Å². The molecule has 3 aromatic rings. The van der Waals surface area contributed by atoms with E-state index < -0.39 is 6.10 Å². The van der Waals surface area contributed by atoms with E-state index in [0.717, 1.165) is 11.1 Å². The summed E-state index contributed by atoms with van der Waals surface area (Å²) in [5.74, 6) is 2.09. The molecule has 0 fully saturated rings. The number of aliphatic hydroxyl groups excluding tert-OH is 2. The summed E-state index contributed by atoms with van der Waals surface area (Å²) in [6.45, 7) is 6.95. The van der Waals surface area contributed by atoms with Gasteiger partial charge in [-0.1, -0.05) is 55.8 Å². The first-order valence-corrected chi connectivity index (χ1v) is 12.0. The number of aliphatic hydroxyl groups is 2. The maximum absolute atomic E-state index is 10.2. The largest absolute Gasteiger partial charge is 0.492 e. The van der Waals surface area contributed by atoms with Gasteiger partial charge in [0.2, 0.25) is 0 Å². The first kappa shape index (κ1) is 26.3. The smallest absolute Gasteiger partial charge is 0.137 e. The number of aromatic nitrogens is 3. The number of halogens is 2. The molecule has 0 unspecified atom stereocenters. The minimum atomic E-state index is -0.764. The molecule has 2 aromatic carbocycles.